The number of nitrogens with zero attached hydrogens (tertiary/aromatic N) is 1. The highest BCUT2D eigenvalue weighted by molar-refractivity contribution is 5.87. The van der Waals surface area contributed by atoms with Crippen molar-refractivity contribution >= 4 is 12.0 Å². The van der Waals surface area contributed by atoms with Gasteiger partial charge in [0.25, 0.3) is 0 Å². The molecule has 1 aromatic heterocycles. The van der Waals surface area contributed by atoms with Crippen molar-refractivity contribution in [3.05, 3.63) is 58.1 Å². The summed E-state index contributed by atoms with van der Waals surface area (Å²) in [6.07, 6.45) is 5.35. The topological polar surface area (TPSA) is 60.8 Å². The second-order valence-corrected chi connectivity index (χ2v) is 7.49. The third-order valence-corrected chi connectivity index (χ3v) is 4.84. The fourth-order valence-electron chi connectivity index (χ4n) is 3.22. The molecule has 1 aliphatic heterocycles. The van der Waals surface area contributed by atoms with Gasteiger partial charge in [0.15, 0.2) is 0 Å². The summed E-state index contributed by atoms with van der Waals surface area (Å²) in [5.41, 5.74) is 7.54. The molecule has 0 aliphatic carbocycles. The van der Waals surface area contributed by atoms with Crippen molar-refractivity contribution in [1.82, 2.24) is 10.3 Å². The van der Waals surface area contributed by atoms with Crippen molar-refractivity contribution in [2.45, 2.75) is 66.3 Å². The number of allylic oxidation sites excluding steroid dienone is 4. The molecule has 0 aromatic carbocycles. The fraction of sp³-hybridized carbons (Fsp3) is 0.455. The van der Waals surface area contributed by atoms with Crippen molar-refractivity contribution in [3.8, 4) is 0 Å². The lowest BCUT2D eigenvalue weighted by atomic mass is 9.91. The molecule has 1 atom stereocenters. The summed E-state index contributed by atoms with van der Waals surface area (Å²) >= 11 is 0. The molecule has 0 spiro atoms. The van der Waals surface area contributed by atoms with E-state index >= 15 is 0 Å². The van der Waals surface area contributed by atoms with Gasteiger partial charge in [-0.05, 0) is 68.9 Å². The number of hydrogen-bond acceptors (Lipinski definition) is 4. The van der Waals surface area contributed by atoms with Crippen LogP contribution in [0.2, 0.25) is 0 Å². The molecule has 26 heavy (non-hydrogen) atoms. The molecule has 1 aliphatic rings. The zero-order valence-electron chi connectivity index (χ0n) is 17.0. The van der Waals surface area contributed by atoms with Crippen LogP contribution < -0.4 is 10.6 Å². The van der Waals surface area contributed by atoms with E-state index in [-0.39, 0.29) is 6.04 Å². The molecule has 0 saturated heterocycles. The van der Waals surface area contributed by atoms with E-state index in [0.29, 0.717) is 5.92 Å². The van der Waals surface area contributed by atoms with Crippen molar-refractivity contribution in [2.75, 3.05) is 5.32 Å². The zero-order chi connectivity index (χ0) is 19.4. The van der Waals surface area contributed by atoms with Gasteiger partial charge in [0.1, 0.15) is 5.82 Å². The molecule has 0 bridgehead atoms. The van der Waals surface area contributed by atoms with Gasteiger partial charge >= 0.3 is 0 Å². The Morgan fingerprint density at radius 2 is 2.00 bits per heavy atom. The van der Waals surface area contributed by atoms with Crippen LogP contribution in [0.25, 0.3) is 0 Å². The number of anilines is 1. The molecular formula is C22H32N4. The van der Waals surface area contributed by atoms with Crippen LogP contribution in [-0.4, -0.2) is 17.2 Å². The van der Waals surface area contributed by atoms with Gasteiger partial charge in [-0.1, -0.05) is 20.4 Å². The summed E-state index contributed by atoms with van der Waals surface area (Å²) in [7, 11) is 0. The van der Waals surface area contributed by atoms with Gasteiger partial charge in [0, 0.05) is 41.3 Å². The Balaban J connectivity index is 2.57. The quantitative estimate of drug-likeness (QED) is 0.584. The molecular weight excluding hydrogens is 320 g/mol. The van der Waals surface area contributed by atoms with Crippen LogP contribution in [0, 0.1) is 5.41 Å². The van der Waals surface area contributed by atoms with Crippen LogP contribution in [-0.2, 0) is 6.42 Å². The maximum Gasteiger partial charge on any atom is 0.135 e. The van der Waals surface area contributed by atoms with E-state index in [2.05, 4.69) is 64.0 Å². The first-order valence-corrected chi connectivity index (χ1v) is 9.41. The molecule has 4 heteroatoms. The van der Waals surface area contributed by atoms with E-state index in [9.17, 15) is 0 Å². The molecule has 2 heterocycles. The maximum absolute atomic E-state index is 7.97. The molecule has 0 amide bonds. The first-order chi connectivity index (χ1) is 12.3. The molecule has 0 radical (unpaired) electrons. The highest BCUT2D eigenvalue weighted by Gasteiger charge is 2.19. The van der Waals surface area contributed by atoms with Gasteiger partial charge in [0.05, 0.1) is 0 Å². The van der Waals surface area contributed by atoms with Gasteiger partial charge in [-0.3, -0.25) is 0 Å². The average Bonchev–Trinajstić information content (AvgIpc) is 2.56. The van der Waals surface area contributed by atoms with Gasteiger partial charge < -0.3 is 16.0 Å². The summed E-state index contributed by atoms with van der Waals surface area (Å²) in [6.45, 7) is 16.9. The minimum absolute atomic E-state index is 0.263. The van der Waals surface area contributed by atoms with E-state index in [0.717, 1.165) is 46.9 Å². The highest BCUT2D eigenvalue weighted by atomic mass is 15.0. The van der Waals surface area contributed by atoms with E-state index in [1.807, 2.05) is 6.92 Å². The van der Waals surface area contributed by atoms with Gasteiger partial charge in [-0.2, -0.15) is 0 Å². The molecule has 1 aromatic rings. The van der Waals surface area contributed by atoms with E-state index in [4.69, 9.17) is 10.4 Å². The Morgan fingerprint density at radius 1 is 1.31 bits per heavy atom. The van der Waals surface area contributed by atoms with E-state index in [1.165, 1.54) is 17.4 Å². The molecule has 0 fully saturated rings. The highest BCUT2D eigenvalue weighted by Crippen LogP contribution is 2.29. The predicted molar refractivity (Wildman–Crippen MR) is 112 cm³/mol. The lowest BCUT2D eigenvalue weighted by Crippen LogP contribution is -2.19. The third kappa shape index (κ3) is 4.43. The van der Waals surface area contributed by atoms with Gasteiger partial charge in [-0.15, -0.1) is 0 Å². The lowest BCUT2D eigenvalue weighted by molar-refractivity contribution is 0.705. The molecule has 1 unspecified atom stereocenters. The maximum atomic E-state index is 7.97. The Morgan fingerprint density at radius 3 is 2.54 bits per heavy atom. The molecule has 0 saturated carbocycles. The molecule has 4 nitrogen and oxygen atoms in total. The van der Waals surface area contributed by atoms with Crippen LogP contribution in [0.1, 0.15) is 70.7 Å². The lowest BCUT2D eigenvalue weighted by Gasteiger charge is -2.23. The van der Waals surface area contributed by atoms with E-state index < -0.39 is 0 Å². The van der Waals surface area contributed by atoms with Crippen LogP contribution in [0.4, 0.5) is 5.82 Å². The fourth-order valence-corrected chi connectivity index (χ4v) is 3.22. The van der Waals surface area contributed by atoms with Gasteiger partial charge in [0.2, 0.25) is 0 Å². The minimum atomic E-state index is 0.263. The van der Waals surface area contributed by atoms with Crippen LogP contribution in [0.5, 0.6) is 0 Å². The van der Waals surface area contributed by atoms with Crippen molar-refractivity contribution in [2.24, 2.45) is 0 Å². The molecule has 2 rings (SSSR count). The van der Waals surface area contributed by atoms with Crippen LogP contribution in [0.3, 0.4) is 0 Å². The summed E-state index contributed by atoms with van der Waals surface area (Å²) in [4.78, 5) is 4.83. The van der Waals surface area contributed by atoms with Crippen molar-refractivity contribution in [3.63, 3.8) is 0 Å². The minimum Gasteiger partial charge on any atom is -0.367 e. The summed E-state index contributed by atoms with van der Waals surface area (Å²) < 4.78 is 0. The molecule has 140 valence electrons. The average molecular weight is 353 g/mol. The second-order valence-electron chi connectivity index (χ2n) is 7.49. The van der Waals surface area contributed by atoms with Crippen LogP contribution in [0.15, 0.2) is 41.3 Å². The number of pyridine rings is 1. The number of dihydropyridines is 1. The van der Waals surface area contributed by atoms with Gasteiger partial charge in [-0.25, -0.2) is 4.98 Å². The number of hydrogen-bond donors (Lipinski definition) is 3. The smallest absolute Gasteiger partial charge is 0.135 e. The van der Waals surface area contributed by atoms with Crippen molar-refractivity contribution in [1.29, 1.82) is 5.41 Å². The Kier molecular flexibility index (Phi) is 6.41. The Labute approximate surface area is 158 Å². The first-order valence-electron chi connectivity index (χ1n) is 9.41. The van der Waals surface area contributed by atoms with Crippen LogP contribution >= 0.6 is 0 Å². The van der Waals surface area contributed by atoms with E-state index in [1.54, 1.807) is 0 Å². The summed E-state index contributed by atoms with van der Waals surface area (Å²) in [5, 5.41) is 14.7. The zero-order valence-corrected chi connectivity index (χ0v) is 17.0. The normalized spacial score (nSPS) is 15.7. The number of rotatable bonds is 7. The first kappa shape index (κ1) is 20.0. The standard InChI is InChI=1S/C22H32N4/c1-8-14(4)21-11-18(20(12-23)22(26-21)24-13(2)3)10-19-15(5)9-16(6)25-17(19)7/h9,11-14,23,25H,7-8,10H2,1-6H3,(H,24,26). The molecule has 3 N–H and O–H groups in total. The monoisotopic (exact) mass is 352 g/mol. The van der Waals surface area contributed by atoms with Crippen molar-refractivity contribution < 1.29 is 0 Å². The number of aromatic nitrogens is 1. The largest absolute Gasteiger partial charge is 0.367 e. The number of nitrogens with one attached hydrogen (secondary N) is 3. The third-order valence-electron chi connectivity index (χ3n) is 4.84. The SMILES string of the molecule is C=C1NC(C)=CC(C)=C1Cc1cc(C(C)CC)nc(NC(C)C)c1C=N. The summed E-state index contributed by atoms with van der Waals surface area (Å²) in [6, 6.07) is 2.43. The Bertz CT molecular complexity index is 769. The second kappa shape index (κ2) is 8.35. The predicted octanol–water partition coefficient (Wildman–Crippen LogP) is 5.29. The summed E-state index contributed by atoms with van der Waals surface area (Å²) in [5.74, 6) is 1.19. The Hall–Kier alpha value is -2.36.